The zero-order valence-electron chi connectivity index (χ0n) is 15.4. The third kappa shape index (κ3) is 4.32. The fourth-order valence-corrected chi connectivity index (χ4v) is 3.91. The molecule has 0 aliphatic heterocycles. The van der Waals surface area contributed by atoms with Crippen molar-refractivity contribution in [2.75, 3.05) is 5.32 Å². The SMILES string of the molecule is O=C(Nc1ccccc1C(=O)OCc1cc(=O)n2ccsc2n1)c1cccc(Br)c1. The van der Waals surface area contributed by atoms with Gasteiger partial charge in [0.2, 0.25) is 0 Å². The summed E-state index contributed by atoms with van der Waals surface area (Å²) < 4.78 is 7.53. The van der Waals surface area contributed by atoms with Crippen LogP contribution in [0.1, 0.15) is 26.4 Å². The van der Waals surface area contributed by atoms with Gasteiger partial charge in [-0.15, -0.1) is 11.3 Å². The molecular formula is C21H14BrN3O4S. The Kier molecular flexibility index (Phi) is 5.73. The number of rotatable bonds is 5. The summed E-state index contributed by atoms with van der Waals surface area (Å²) in [6, 6.07) is 14.8. The highest BCUT2D eigenvalue weighted by Crippen LogP contribution is 2.19. The van der Waals surface area contributed by atoms with E-state index in [-0.39, 0.29) is 23.6 Å². The van der Waals surface area contributed by atoms with E-state index in [1.807, 2.05) is 6.07 Å². The second-order valence-corrected chi connectivity index (χ2v) is 8.02. The third-order valence-corrected chi connectivity index (χ3v) is 5.44. The van der Waals surface area contributed by atoms with Crippen molar-refractivity contribution in [1.29, 1.82) is 0 Å². The number of carbonyl (C=O) groups excluding carboxylic acids is 2. The number of ether oxygens (including phenoxy) is 1. The van der Waals surface area contributed by atoms with E-state index in [1.165, 1.54) is 21.8 Å². The molecule has 30 heavy (non-hydrogen) atoms. The summed E-state index contributed by atoms with van der Waals surface area (Å²) in [6.45, 7) is -0.156. The Morgan fingerprint density at radius 2 is 1.97 bits per heavy atom. The number of hydrogen-bond acceptors (Lipinski definition) is 6. The number of halogens is 1. The van der Waals surface area contributed by atoms with Crippen LogP contribution in [0, 0.1) is 0 Å². The molecule has 7 nitrogen and oxygen atoms in total. The molecule has 0 radical (unpaired) electrons. The molecule has 0 spiro atoms. The molecule has 150 valence electrons. The van der Waals surface area contributed by atoms with E-state index in [1.54, 1.807) is 54.0 Å². The predicted molar refractivity (Wildman–Crippen MR) is 117 cm³/mol. The lowest BCUT2D eigenvalue weighted by Gasteiger charge is -2.11. The first kappa shape index (κ1) is 20.0. The van der Waals surface area contributed by atoms with Crippen LogP contribution in [0.25, 0.3) is 4.96 Å². The normalized spacial score (nSPS) is 10.7. The van der Waals surface area contributed by atoms with Crippen LogP contribution in [0.15, 0.2) is 75.4 Å². The van der Waals surface area contributed by atoms with Crippen molar-refractivity contribution in [3.8, 4) is 0 Å². The Bertz CT molecular complexity index is 1310. The van der Waals surface area contributed by atoms with Crippen molar-refractivity contribution in [2.24, 2.45) is 0 Å². The molecule has 0 aliphatic carbocycles. The molecule has 4 aromatic rings. The number of aromatic nitrogens is 2. The monoisotopic (exact) mass is 483 g/mol. The number of fused-ring (bicyclic) bond motifs is 1. The van der Waals surface area contributed by atoms with Gasteiger partial charge in [-0.1, -0.05) is 34.1 Å². The van der Waals surface area contributed by atoms with Gasteiger partial charge in [-0.05, 0) is 30.3 Å². The van der Waals surface area contributed by atoms with Gasteiger partial charge in [0.1, 0.15) is 6.61 Å². The number of esters is 1. The van der Waals surface area contributed by atoms with Gasteiger partial charge >= 0.3 is 5.97 Å². The zero-order chi connectivity index (χ0) is 21.1. The Balaban J connectivity index is 1.50. The standard InChI is InChI=1S/C21H14BrN3O4S/c22-14-5-3-4-13(10-14)19(27)24-17-7-2-1-6-16(17)20(28)29-12-15-11-18(26)25-8-9-30-21(25)23-15/h1-11H,12H2,(H,24,27). The second kappa shape index (κ2) is 8.60. The van der Waals surface area contributed by atoms with E-state index in [0.29, 0.717) is 21.9 Å². The second-order valence-electron chi connectivity index (χ2n) is 6.23. The van der Waals surface area contributed by atoms with E-state index in [4.69, 9.17) is 4.74 Å². The summed E-state index contributed by atoms with van der Waals surface area (Å²) in [6.07, 6.45) is 1.63. The minimum Gasteiger partial charge on any atom is -0.456 e. The maximum atomic E-state index is 12.6. The number of amides is 1. The highest BCUT2D eigenvalue weighted by Gasteiger charge is 2.16. The van der Waals surface area contributed by atoms with Gasteiger partial charge in [-0.25, -0.2) is 9.78 Å². The Morgan fingerprint density at radius 1 is 1.13 bits per heavy atom. The average Bonchev–Trinajstić information content (AvgIpc) is 3.22. The first-order valence-electron chi connectivity index (χ1n) is 8.80. The third-order valence-electron chi connectivity index (χ3n) is 4.19. The van der Waals surface area contributed by atoms with Crippen molar-refractivity contribution >= 4 is 49.8 Å². The highest BCUT2D eigenvalue weighted by molar-refractivity contribution is 9.10. The van der Waals surface area contributed by atoms with Gasteiger partial charge in [0.15, 0.2) is 4.96 Å². The molecule has 1 amide bonds. The lowest BCUT2D eigenvalue weighted by Crippen LogP contribution is -2.17. The van der Waals surface area contributed by atoms with Crippen LogP contribution in [0.5, 0.6) is 0 Å². The average molecular weight is 484 g/mol. The van der Waals surface area contributed by atoms with Crippen LogP contribution in [-0.2, 0) is 11.3 Å². The molecule has 0 atom stereocenters. The first-order chi connectivity index (χ1) is 14.5. The summed E-state index contributed by atoms with van der Waals surface area (Å²) in [5.74, 6) is -0.984. The number of anilines is 1. The van der Waals surface area contributed by atoms with Crippen molar-refractivity contribution in [3.05, 3.63) is 97.8 Å². The number of para-hydroxylation sites is 1. The first-order valence-corrected chi connectivity index (χ1v) is 10.5. The number of nitrogens with one attached hydrogen (secondary N) is 1. The van der Waals surface area contributed by atoms with Crippen LogP contribution in [0.3, 0.4) is 0 Å². The topological polar surface area (TPSA) is 89.8 Å². The lowest BCUT2D eigenvalue weighted by atomic mass is 10.1. The van der Waals surface area contributed by atoms with Gasteiger partial charge < -0.3 is 10.1 Å². The fourth-order valence-electron chi connectivity index (χ4n) is 2.77. The van der Waals surface area contributed by atoms with Crippen molar-refractivity contribution in [2.45, 2.75) is 6.61 Å². The van der Waals surface area contributed by atoms with Gasteiger partial charge in [0.25, 0.3) is 11.5 Å². The van der Waals surface area contributed by atoms with Gasteiger partial charge in [-0.3, -0.25) is 14.0 Å². The number of nitrogens with zero attached hydrogens (tertiary/aromatic N) is 2. The summed E-state index contributed by atoms with van der Waals surface area (Å²) >= 11 is 4.65. The largest absolute Gasteiger partial charge is 0.456 e. The molecule has 0 saturated heterocycles. The molecular weight excluding hydrogens is 470 g/mol. The molecule has 4 rings (SSSR count). The highest BCUT2D eigenvalue weighted by atomic mass is 79.9. The maximum Gasteiger partial charge on any atom is 0.340 e. The van der Waals surface area contributed by atoms with Gasteiger partial charge in [0, 0.05) is 27.7 Å². The quantitative estimate of drug-likeness (QED) is 0.431. The van der Waals surface area contributed by atoms with E-state index in [9.17, 15) is 14.4 Å². The molecule has 2 aromatic carbocycles. The summed E-state index contributed by atoms with van der Waals surface area (Å²) in [5.41, 5.74) is 1.09. The Labute approximate surface area is 183 Å². The van der Waals surface area contributed by atoms with E-state index >= 15 is 0 Å². The molecule has 0 fully saturated rings. The van der Waals surface area contributed by atoms with Crippen LogP contribution < -0.4 is 10.9 Å². The minimum atomic E-state index is -0.631. The van der Waals surface area contributed by atoms with Crippen LogP contribution in [0.4, 0.5) is 5.69 Å². The molecule has 2 heterocycles. The molecule has 0 unspecified atom stereocenters. The lowest BCUT2D eigenvalue weighted by molar-refractivity contribution is 0.0469. The maximum absolute atomic E-state index is 12.6. The summed E-state index contributed by atoms with van der Waals surface area (Å²) in [5, 5.41) is 4.49. The molecule has 0 bridgehead atoms. The van der Waals surface area contributed by atoms with Gasteiger partial charge in [-0.2, -0.15) is 0 Å². The van der Waals surface area contributed by atoms with Crippen LogP contribution in [0.2, 0.25) is 0 Å². The zero-order valence-corrected chi connectivity index (χ0v) is 17.8. The Hall–Kier alpha value is -3.30. The smallest absolute Gasteiger partial charge is 0.340 e. The predicted octanol–water partition coefficient (Wildman–Crippen LogP) is 4.13. The van der Waals surface area contributed by atoms with E-state index < -0.39 is 5.97 Å². The number of thiazole rings is 1. The van der Waals surface area contributed by atoms with Crippen molar-refractivity contribution in [3.63, 3.8) is 0 Å². The summed E-state index contributed by atoms with van der Waals surface area (Å²) in [4.78, 5) is 42.0. The van der Waals surface area contributed by atoms with E-state index in [0.717, 1.165) is 4.47 Å². The molecule has 2 aromatic heterocycles. The number of benzene rings is 2. The van der Waals surface area contributed by atoms with Crippen LogP contribution >= 0.6 is 27.3 Å². The van der Waals surface area contributed by atoms with Gasteiger partial charge in [0.05, 0.1) is 16.9 Å². The molecule has 0 saturated carbocycles. The number of carbonyl (C=O) groups is 2. The Morgan fingerprint density at radius 3 is 2.80 bits per heavy atom. The van der Waals surface area contributed by atoms with Crippen molar-refractivity contribution in [1.82, 2.24) is 9.38 Å². The summed E-state index contributed by atoms with van der Waals surface area (Å²) in [7, 11) is 0. The van der Waals surface area contributed by atoms with Crippen LogP contribution in [-0.4, -0.2) is 21.3 Å². The molecule has 1 N–H and O–H groups in total. The minimum absolute atomic E-state index is 0.156. The van der Waals surface area contributed by atoms with E-state index in [2.05, 4.69) is 26.2 Å². The fraction of sp³-hybridized carbons (Fsp3) is 0.0476. The number of hydrogen-bond donors (Lipinski definition) is 1. The van der Waals surface area contributed by atoms with Crippen molar-refractivity contribution < 1.29 is 14.3 Å². The molecule has 9 heteroatoms. The molecule has 0 aliphatic rings.